The van der Waals surface area contributed by atoms with Crippen molar-refractivity contribution in [3.05, 3.63) is 36.5 Å². The molecule has 94 valence electrons. The highest BCUT2D eigenvalue weighted by atomic mass is 16.3. The zero-order valence-electron chi connectivity index (χ0n) is 11.6. The molecule has 0 aromatic carbocycles. The molecule has 0 aromatic heterocycles. The quantitative estimate of drug-likeness (QED) is 0.697. The number of allylic oxidation sites excluding steroid dienone is 4. The van der Waals surface area contributed by atoms with Crippen LogP contribution in [-0.4, -0.2) is 11.7 Å². The fourth-order valence-electron chi connectivity index (χ4n) is 1.35. The van der Waals surface area contributed by atoms with Crippen molar-refractivity contribution >= 4 is 0 Å². The summed E-state index contributed by atoms with van der Waals surface area (Å²) in [6.07, 6.45) is 10.1. The summed E-state index contributed by atoms with van der Waals surface area (Å²) < 4.78 is 0. The average molecular weight is 224 g/mol. The summed E-state index contributed by atoms with van der Waals surface area (Å²) in [5, 5.41) is 9.14. The van der Waals surface area contributed by atoms with Gasteiger partial charge in [-0.05, 0) is 25.3 Å². The molecule has 0 unspecified atom stereocenters. The van der Waals surface area contributed by atoms with Crippen molar-refractivity contribution < 1.29 is 5.11 Å². The van der Waals surface area contributed by atoms with Crippen LogP contribution in [0.5, 0.6) is 0 Å². The molecule has 0 radical (unpaired) electrons. The SMILES string of the molecule is C=C/C(=C\C=C/C)C1(CO)CC1.CC.CC. The Morgan fingerprint density at radius 3 is 2.00 bits per heavy atom. The van der Waals surface area contributed by atoms with Gasteiger partial charge in [-0.1, -0.05) is 58.6 Å². The van der Waals surface area contributed by atoms with E-state index in [0.29, 0.717) is 0 Å². The molecule has 0 aliphatic heterocycles. The normalized spacial score (nSPS) is 16.8. The molecule has 0 aromatic rings. The predicted molar refractivity (Wildman–Crippen MR) is 74.5 cm³/mol. The lowest BCUT2D eigenvalue weighted by atomic mass is 9.96. The van der Waals surface area contributed by atoms with Crippen LogP contribution in [0.25, 0.3) is 0 Å². The monoisotopic (exact) mass is 224 g/mol. The Balaban J connectivity index is 0. The lowest BCUT2D eigenvalue weighted by Crippen LogP contribution is -2.07. The van der Waals surface area contributed by atoms with Gasteiger partial charge in [0, 0.05) is 5.41 Å². The fraction of sp³-hybridized carbons (Fsp3) is 0.600. The molecule has 1 N–H and O–H groups in total. The maximum absolute atomic E-state index is 9.14. The third-order valence-corrected chi connectivity index (χ3v) is 2.46. The topological polar surface area (TPSA) is 20.2 Å². The van der Waals surface area contributed by atoms with E-state index in [1.807, 2.05) is 58.9 Å². The number of hydrogen-bond acceptors (Lipinski definition) is 1. The molecule has 1 aliphatic carbocycles. The highest BCUT2D eigenvalue weighted by Gasteiger charge is 2.43. The molecule has 0 amide bonds. The summed E-state index contributed by atoms with van der Waals surface area (Å²) in [6.45, 7) is 14.0. The highest BCUT2D eigenvalue weighted by molar-refractivity contribution is 5.33. The molecule has 0 atom stereocenters. The Morgan fingerprint density at radius 1 is 1.25 bits per heavy atom. The van der Waals surface area contributed by atoms with Gasteiger partial charge in [-0.3, -0.25) is 0 Å². The molecule has 1 aliphatic rings. The number of hydrogen-bond donors (Lipinski definition) is 1. The lowest BCUT2D eigenvalue weighted by molar-refractivity contribution is 0.236. The van der Waals surface area contributed by atoms with Crippen LogP contribution in [-0.2, 0) is 0 Å². The van der Waals surface area contributed by atoms with Crippen LogP contribution in [0.3, 0.4) is 0 Å². The fourth-order valence-corrected chi connectivity index (χ4v) is 1.35. The zero-order chi connectivity index (χ0) is 13.0. The number of aliphatic hydroxyl groups excluding tert-OH is 1. The Bertz CT molecular complexity index is 220. The van der Waals surface area contributed by atoms with Crippen molar-refractivity contribution in [1.29, 1.82) is 0 Å². The maximum Gasteiger partial charge on any atom is 0.0527 e. The van der Waals surface area contributed by atoms with Crippen LogP contribution in [0, 0.1) is 5.41 Å². The van der Waals surface area contributed by atoms with E-state index in [9.17, 15) is 0 Å². The van der Waals surface area contributed by atoms with Gasteiger partial charge in [-0.25, -0.2) is 0 Å². The Hall–Kier alpha value is -0.820. The van der Waals surface area contributed by atoms with Gasteiger partial charge in [-0.2, -0.15) is 0 Å². The second-order valence-corrected chi connectivity index (χ2v) is 3.29. The minimum Gasteiger partial charge on any atom is -0.395 e. The predicted octanol–water partition coefficient (Wildman–Crippen LogP) is 4.50. The van der Waals surface area contributed by atoms with Crippen molar-refractivity contribution in [3.63, 3.8) is 0 Å². The first-order chi connectivity index (χ1) is 7.79. The van der Waals surface area contributed by atoms with Gasteiger partial charge in [-0.15, -0.1) is 0 Å². The molecule has 0 spiro atoms. The van der Waals surface area contributed by atoms with E-state index in [4.69, 9.17) is 5.11 Å². The van der Waals surface area contributed by atoms with Gasteiger partial charge in [0.15, 0.2) is 0 Å². The maximum atomic E-state index is 9.14. The van der Waals surface area contributed by atoms with Crippen LogP contribution in [0.1, 0.15) is 47.5 Å². The lowest BCUT2D eigenvalue weighted by Gasteiger charge is -2.11. The van der Waals surface area contributed by atoms with Gasteiger partial charge < -0.3 is 5.11 Å². The number of rotatable bonds is 4. The summed E-state index contributed by atoms with van der Waals surface area (Å²) in [5.41, 5.74) is 1.23. The minimum atomic E-state index is 0.0568. The van der Waals surface area contributed by atoms with Crippen LogP contribution < -0.4 is 0 Å². The third kappa shape index (κ3) is 5.32. The second kappa shape index (κ2) is 10.7. The highest BCUT2D eigenvalue weighted by Crippen LogP contribution is 2.51. The average Bonchev–Trinajstić information content (AvgIpc) is 3.16. The van der Waals surface area contributed by atoms with Crippen molar-refractivity contribution in [2.24, 2.45) is 5.41 Å². The van der Waals surface area contributed by atoms with Gasteiger partial charge in [0.05, 0.1) is 6.61 Å². The van der Waals surface area contributed by atoms with E-state index >= 15 is 0 Å². The van der Waals surface area contributed by atoms with Crippen molar-refractivity contribution in [1.82, 2.24) is 0 Å². The van der Waals surface area contributed by atoms with E-state index in [2.05, 4.69) is 6.58 Å². The summed E-state index contributed by atoms with van der Waals surface area (Å²) in [5.74, 6) is 0. The molecule has 1 rings (SSSR count). The molecular weight excluding hydrogens is 196 g/mol. The van der Waals surface area contributed by atoms with Crippen LogP contribution >= 0.6 is 0 Å². The van der Waals surface area contributed by atoms with E-state index < -0.39 is 0 Å². The molecule has 0 bridgehead atoms. The Morgan fingerprint density at radius 2 is 1.75 bits per heavy atom. The summed E-state index contributed by atoms with van der Waals surface area (Å²) in [7, 11) is 0. The minimum absolute atomic E-state index is 0.0568. The van der Waals surface area contributed by atoms with E-state index in [-0.39, 0.29) is 12.0 Å². The van der Waals surface area contributed by atoms with E-state index in [1.165, 1.54) is 5.57 Å². The zero-order valence-corrected chi connectivity index (χ0v) is 11.6. The molecule has 1 nitrogen and oxygen atoms in total. The Kier molecular flexibility index (Phi) is 11.7. The smallest absolute Gasteiger partial charge is 0.0527 e. The van der Waals surface area contributed by atoms with Gasteiger partial charge >= 0.3 is 0 Å². The molecule has 1 heteroatoms. The summed E-state index contributed by atoms with van der Waals surface area (Å²) in [6, 6.07) is 0. The first-order valence-electron chi connectivity index (χ1n) is 6.36. The van der Waals surface area contributed by atoms with Crippen molar-refractivity contribution in [2.45, 2.75) is 47.5 Å². The molecular formula is C15H28O. The van der Waals surface area contributed by atoms with Gasteiger partial charge in [0.1, 0.15) is 0 Å². The van der Waals surface area contributed by atoms with Crippen LogP contribution in [0.4, 0.5) is 0 Å². The molecule has 16 heavy (non-hydrogen) atoms. The largest absolute Gasteiger partial charge is 0.395 e. The van der Waals surface area contributed by atoms with E-state index in [1.54, 1.807) is 0 Å². The van der Waals surface area contributed by atoms with Crippen molar-refractivity contribution in [2.75, 3.05) is 6.61 Å². The second-order valence-electron chi connectivity index (χ2n) is 3.29. The first-order valence-corrected chi connectivity index (χ1v) is 6.36. The standard InChI is InChI=1S/C11H16O.2C2H6/c1-3-5-6-10(4-2)11(9-12)7-8-11;2*1-2/h3-6,12H,2,7-9H2,1H3;2*1-2H3/b5-3-,10-6+;;. The molecule has 0 heterocycles. The first kappa shape index (κ1) is 17.6. The van der Waals surface area contributed by atoms with Crippen LogP contribution in [0.2, 0.25) is 0 Å². The number of aliphatic hydroxyl groups is 1. The van der Waals surface area contributed by atoms with E-state index in [0.717, 1.165) is 12.8 Å². The van der Waals surface area contributed by atoms with Gasteiger partial charge in [0.25, 0.3) is 0 Å². The molecule has 1 saturated carbocycles. The summed E-state index contributed by atoms with van der Waals surface area (Å²) >= 11 is 0. The van der Waals surface area contributed by atoms with Crippen molar-refractivity contribution in [3.8, 4) is 0 Å². The Labute approximate surface area is 102 Å². The summed E-state index contributed by atoms with van der Waals surface area (Å²) in [4.78, 5) is 0. The van der Waals surface area contributed by atoms with Gasteiger partial charge in [0.2, 0.25) is 0 Å². The molecule has 1 fully saturated rings. The molecule has 0 saturated heterocycles. The third-order valence-electron chi connectivity index (χ3n) is 2.46. The van der Waals surface area contributed by atoms with Crippen LogP contribution in [0.15, 0.2) is 36.5 Å².